The first kappa shape index (κ1) is 14.8. The first-order valence-corrected chi connectivity index (χ1v) is 7.10. The van der Waals surface area contributed by atoms with Gasteiger partial charge < -0.3 is 5.32 Å². The molecule has 4 N–H and O–H groups in total. The summed E-state index contributed by atoms with van der Waals surface area (Å²) in [4.78, 5) is 11.1. The van der Waals surface area contributed by atoms with Crippen LogP contribution in [0.4, 0.5) is 13.2 Å². The van der Waals surface area contributed by atoms with E-state index in [0.29, 0.717) is 12.8 Å². The number of alkyl halides is 3. The van der Waals surface area contributed by atoms with Gasteiger partial charge in [0.1, 0.15) is 11.4 Å². The lowest BCUT2D eigenvalue weighted by Gasteiger charge is -2.07. The molecule has 1 heterocycles. The summed E-state index contributed by atoms with van der Waals surface area (Å²) in [6.07, 6.45) is -3.20. The smallest absolute Gasteiger partial charge is 0.341 e. The zero-order valence-electron chi connectivity index (χ0n) is 9.99. The summed E-state index contributed by atoms with van der Waals surface area (Å²) in [5, 5.41) is 12.4. The molecule has 7 nitrogen and oxygen atoms in total. The number of sulfonamides is 1. The van der Waals surface area contributed by atoms with Crippen LogP contribution in [0.1, 0.15) is 34.9 Å². The molecule has 1 aliphatic carbocycles. The molecule has 2 rings (SSSR count). The van der Waals surface area contributed by atoms with Gasteiger partial charge in [-0.3, -0.25) is 9.89 Å². The maximum absolute atomic E-state index is 12.0. The monoisotopic (exact) mass is 312 g/mol. The number of primary sulfonamides is 1. The minimum absolute atomic E-state index is 0.111. The number of hydrogen-bond acceptors (Lipinski definition) is 4. The fourth-order valence-corrected chi connectivity index (χ4v) is 2.63. The number of carbonyl (C=O) groups excluding carboxylic acids is 1. The number of aromatic nitrogens is 2. The second kappa shape index (κ2) is 4.74. The molecule has 0 saturated heterocycles. The van der Waals surface area contributed by atoms with E-state index in [2.05, 4.69) is 10.2 Å². The van der Waals surface area contributed by atoms with Crippen LogP contribution in [0.5, 0.6) is 0 Å². The van der Waals surface area contributed by atoms with Gasteiger partial charge in [0.25, 0.3) is 5.91 Å². The van der Waals surface area contributed by atoms with E-state index in [4.69, 9.17) is 5.14 Å². The van der Waals surface area contributed by atoms with Crippen LogP contribution in [-0.2, 0) is 10.0 Å². The molecule has 0 radical (unpaired) electrons. The second-order valence-electron chi connectivity index (χ2n) is 4.43. The number of aromatic amines is 1. The third kappa shape index (κ3) is 3.28. The normalized spacial score (nSPS) is 16.2. The van der Waals surface area contributed by atoms with Gasteiger partial charge in [0.2, 0.25) is 10.0 Å². The van der Waals surface area contributed by atoms with Crippen LogP contribution >= 0.6 is 0 Å². The standard InChI is InChI=1S/C9H11F3N4O3S/c10-9(11,12)3-14-8(17)6-7(20(13,18)19)5(15-16-6)4-1-2-4/h4H,1-3H2,(H,14,17)(H,15,16)(H2,13,18,19). The average molecular weight is 312 g/mol. The van der Waals surface area contributed by atoms with Gasteiger partial charge in [0, 0.05) is 5.92 Å². The van der Waals surface area contributed by atoms with Crippen molar-refractivity contribution in [2.45, 2.75) is 29.8 Å². The van der Waals surface area contributed by atoms with Crippen LogP contribution in [0.3, 0.4) is 0 Å². The predicted molar refractivity (Wildman–Crippen MR) is 60.3 cm³/mol. The molecule has 0 aliphatic heterocycles. The van der Waals surface area contributed by atoms with Crippen LogP contribution in [0.15, 0.2) is 4.90 Å². The zero-order valence-corrected chi connectivity index (χ0v) is 10.8. The number of hydrogen-bond donors (Lipinski definition) is 3. The molecular weight excluding hydrogens is 301 g/mol. The average Bonchev–Trinajstić information content (AvgIpc) is 3.02. The Hall–Kier alpha value is -1.62. The number of nitrogens with two attached hydrogens (primary N) is 1. The van der Waals surface area contributed by atoms with Crippen molar-refractivity contribution < 1.29 is 26.4 Å². The van der Waals surface area contributed by atoms with Gasteiger partial charge >= 0.3 is 6.18 Å². The van der Waals surface area contributed by atoms with E-state index < -0.39 is 39.2 Å². The van der Waals surface area contributed by atoms with Crippen LogP contribution in [0, 0.1) is 0 Å². The fraction of sp³-hybridized carbons (Fsp3) is 0.556. The maximum Gasteiger partial charge on any atom is 0.405 e. The highest BCUT2D eigenvalue weighted by atomic mass is 32.2. The second-order valence-corrected chi connectivity index (χ2v) is 5.93. The highest BCUT2D eigenvalue weighted by Crippen LogP contribution is 2.42. The number of halogens is 3. The van der Waals surface area contributed by atoms with E-state index in [0.717, 1.165) is 0 Å². The molecule has 1 amide bonds. The minimum Gasteiger partial charge on any atom is -0.341 e. The molecule has 0 bridgehead atoms. The molecule has 11 heteroatoms. The Morgan fingerprint density at radius 3 is 2.50 bits per heavy atom. The number of carbonyl (C=O) groups is 1. The van der Waals surface area contributed by atoms with Gasteiger partial charge in [-0.2, -0.15) is 18.3 Å². The molecule has 1 saturated carbocycles. The molecule has 0 aromatic carbocycles. The van der Waals surface area contributed by atoms with E-state index in [1.807, 2.05) is 0 Å². The Kier molecular flexibility index (Phi) is 3.50. The Morgan fingerprint density at radius 2 is 2.05 bits per heavy atom. The van der Waals surface area contributed by atoms with E-state index in [-0.39, 0.29) is 11.6 Å². The number of nitrogens with zero attached hydrogens (tertiary/aromatic N) is 1. The molecular formula is C9H11F3N4O3S. The summed E-state index contributed by atoms with van der Waals surface area (Å²) >= 11 is 0. The van der Waals surface area contributed by atoms with E-state index >= 15 is 0 Å². The van der Waals surface area contributed by atoms with E-state index in [1.165, 1.54) is 0 Å². The summed E-state index contributed by atoms with van der Waals surface area (Å²) in [5.41, 5.74) is -0.469. The van der Waals surface area contributed by atoms with Gasteiger partial charge in [-0.25, -0.2) is 13.6 Å². The quantitative estimate of drug-likeness (QED) is 0.737. The molecule has 1 fully saturated rings. The molecule has 0 atom stereocenters. The van der Waals surface area contributed by atoms with Crippen molar-refractivity contribution in [1.29, 1.82) is 0 Å². The number of rotatable bonds is 4. The van der Waals surface area contributed by atoms with Crippen molar-refractivity contribution in [3.63, 3.8) is 0 Å². The van der Waals surface area contributed by atoms with Gasteiger partial charge in [-0.1, -0.05) is 0 Å². The van der Waals surface area contributed by atoms with Gasteiger partial charge in [0.05, 0.1) is 5.69 Å². The molecule has 1 aromatic heterocycles. The van der Waals surface area contributed by atoms with Crippen molar-refractivity contribution >= 4 is 15.9 Å². The molecule has 112 valence electrons. The minimum atomic E-state index is -4.60. The highest BCUT2D eigenvalue weighted by Gasteiger charge is 2.36. The lowest BCUT2D eigenvalue weighted by atomic mass is 10.2. The van der Waals surface area contributed by atoms with E-state index in [1.54, 1.807) is 5.32 Å². The third-order valence-electron chi connectivity index (χ3n) is 2.68. The van der Waals surface area contributed by atoms with Crippen molar-refractivity contribution in [1.82, 2.24) is 15.5 Å². The number of nitrogens with one attached hydrogen (secondary N) is 2. The van der Waals surface area contributed by atoms with Gasteiger partial charge in [0.15, 0.2) is 5.69 Å². The first-order valence-electron chi connectivity index (χ1n) is 5.55. The highest BCUT2D eigenvalue weighted by molar-refractivity contribution is 7.89. The Balaban J connectivity index is 2.30. The summed E-state index contributed by atoms with van der Waals surface area (Å²) in [6, 6.07) is 0. The Bertz CT molecular complexity index is 633. The zero-order chi connectivity index (χ0) is 15.1. The molecule has 0 unspecified atom stereocenters. The van der Waals surface area contributed by atoms with Gasteiger partial charge in [-0.15, -0.1) is 0 Å². The molecule has 1 aromatic rings. The number of amides is 1. The maximum atomic E-state index is 12.0. The summed E-state index contributed by atoms with van der Waals surface area (Å²) < 4.78 is 59.0. The molecule has 1 aliphatic rings. The van der Waals surface area contributed by atoms with Crippen molar-refractivity contribution in [3.05, 3.63) is 11.4 Å². The Morgan fingerprint density at radius 1 is 1.45 bits per heavy atom. The number of H-pyrrole nitrogens is 1. The van der Waals surface area contributed by atoms with Gasteiger partial charge in [-0.05, 0) is 12.8 Å². The summed E-state index contributed by atoms with van der Waals surface area (Å²) in [5.74, 6) is -1.35. The van der Waals surface area contributed by atoms with Crippen molar-refractivity contribution in [2.75, 3.05) is 6.54 Å². The first-order chi connectivity index (χ1) is 9.09. The lowest BCUT2D eigenvalue weighted by Crippen LogP contribution is -2.35. The van der Waals surface area contributed by atoms with Crippen LogP contribution in [0.25, 0.3) is 0 Å². The third-order valence-corrected chi connectivity index (χ3v) is 3.66. The fourth-order valence-electron chi connectivity index (χ4n) is 1.70. The van der Waals surface area contributed by atoms with E-state index in [9.17, 15) is 26.4 Å². The van der Waals surface area contributed by atoms with Crippen LogP contribution < -0.4 is 10.5 Å². The summed E-state index contributed by atoms with van der Waals surface area (Å²) in [7, 11) is -4.26. The van der Waals surface area contributed by atoms with Crippen molar-refractivity contribution in [2.24, 2.45) is 5.14 Å². The molecule has 20 heavy (non-hydrogen) atoms. The Labute approximate surface area is 111 Å². The van der Waals surface area contributed by atoms with Crippen LogP contribution in [0.2, 0.25) is 0 Å². The topological polar surface area (TPSA) is 118 Å². The predicted octanol–water partition coefficient (Wildman–Crippen LogP) is 0.227. The molecule has 0 spiro atoms. The van der Waals surface area contributed by atoms with Crippen molar-refractivity contribution in [3.8, 4) is 0 Å². The van der Waals surface area contributed by atoms with Crippen LogP contribution in [-0.4, -0.2) is 37.2 Å². The summed E-state index contributed by atoms with van der Waals surface area (Å²) in [6.45, 7) is -1.58. The SMILES string of the molecule is NS(=O)(=O)c1c(C(=O)NCC(F)(F)F)n[nH]c1C1CC1. The lowest BCUT2D eigenvalue weighted by molar-refractivity contribution is -0.123. The largest absolute Gasteiger partial charge is 0.405 e.